The molecular formula is C18H15FN4S. The average molecular weight is 338 g/mol. The van der Waals surface area contributed by atoms with E-state index < -0.39 is 0 Å². The van der Waals surface area contributed by atoms with Crippen molar-refractivity contribution in [2.45, 2.75) is 24.3 Å². The van der Waals surface area contributed by atoms with Gasteiger partial charge in [-0.15, -0.1) is 10.2 Å². The second kappa shape index (κ2) is 5.87. The third kappa shape index (κ3) is 2.63. The molecule has 3 aromatic rings. The van der Waals surface area contributed by atoms with Gasteiger partial charge in [0.05, 0.1) is 11.0 Å². The number of hydrogen-bond donors (Lipinski definition) is 0. The van der Waals surface area contributed by atoms with Crippen molar-refractivity contribution in [3.05, 3.63) is 65.5 Å². The predicted octanol–water partition coefficient (Wildman–Crippen LogP) is 4.14. The van der Waals surface area contributed by atoms with Gasteiger partial charge in [-0.3, -0.25) is 0 Å². The Morgan fingerprint density at radius 2 is 1.62 bits per heavy atom. The maximum absolute atomic E-state index is 13.2. The Kier molecular flexibility index (Phi) is 3.69. The van der Waals surface area contributed by atoms with Gasteiger partial charge in [-0.1, -0.05) is 53.7 Å². The highest BCUT2D eigenvalue weighted by Gasteiger charge is 2.26. The van der Waals surface area contributed by atoms with Gasteiger partial charge >= 0.3 is 0 Å². The van der Waals surface area contributed by atoms with Crippen LogP contribution in [-0.2, 0) is 0 Å². The van der Waals surface area contributed by atoms with Crippen LogP contribution in [0.1, 0.15) is 18.1 Å². The summed E-state index contributed by atoms with van der Waals surface area (Å²) in [5.74, 6) is 0.463. The van der Waals surface area contributed by atoms with E-state index in [0.717, 1.165) is 22.0 Å². The van der Waals surface area contributed by atoms with Crippen LogP contribution in [0, 0.1) is 12.7 Å². The van der Waals surface area contributed by atoms with Crippen molar-refractivity contribution in [3.63, 3.8) is 0 Å². The van der Waals surface area contributed by atoms with Gasteiger partial charge in [0.25, 0.3) is 0 Å². The zero-order valence-electron chi connectivity index (χ0n) is 13.3. The number of hydrogen-bond acceptors (Lipinski definition) is 4. The molecule has 0 N–H and O–H groups in total. The van der Waals surface area contributed by atoms with Crippen LogP contribution < -0.4 is 0 Å². The SMILES string of the molecule is Cc1ccc(-c2nnc3n2N=C(c2ccc(F)cc2)[C@@H](C)S3)cc1. The highest BCUT2D eigenvalue weighted by Crippen LogP contribution is 2.32. The smallest absolute Gasteiger partial charge is 0.207 e. The summed E-state index contributed by atoms with van der Waals surface area (Å²) in [4.78, 5) is 0. The van der Waals surface area contributed by atoms with E-state index in [4.69, 9.17) is 5.10 Å². The fourth-order valence-electron chi connectivity index (χ4n) is 2.63. The molecule has 4 rings (SSSR count). The molecule has 4 nitrogen and oxygen atoms in total. The summed E-state index contributed by atoms with van der Waals surface area (Å²) in [5, 5.41) is 14.2. The molecule has 120 valence electrons. The quantitative estimate of drug-likeness (QED) is 0.705. The van der Waals surface area contributed by atoms with Gasteiger partial charge in [0.1, 0.15) is 5.82 Å². The largest absolute Gasteiger partial charge is 0.213 e. The Labute approximate surface area is 143 Å². The Morgan fingerprint density at radius 3 is 2.33 bits per heavy atom. The van der Waals surface area contributed by atoms with Gasteiger partial charge < -0.3 is 0 Å². The first-order valence-corrected chi connectivity index (χ1v) is 8.54. The zero-order chi connectivity index (χ0) is 16.7. The highest BCUT2D eigenvalue weighted by molar-refractivity contribution is 8.00. The monoisotopic (exact) mass is 338 g/mol. The van der Waals surface area contributed by atoms with Crippen molar-refractivity contribution in [1.29, 1.82) is 0 Å². The van der Waals surface area contributed by atoms with E-state index in [1.807, 2.05) is 31.2 Å². The Hall–Kier alpha value is -2.47. The van der Waals surface area contributed by atoms with Crippen LogP contribution in [0.4, 0.5) is 4.39 Å². The molecule has 24 heavy (non-hydrogen) atoms. The number of nitrogens with zero attached hydrogens (tertiary/aromatic N) is 4. The Morgan fingerprint density at radius 1 is 0.958 bits per heavy atom. The molecule has 1 aliphatic heterocycles. The van der Waals surface area contributed by atoms with Gasteiger partial charge in [0.15, 0.2) is 5.82 Å². The van der Waals surface area contributed by atoms with Crippen molar-refractivity contribution >= 4 is 17.5 Å². The van der Waals surface area contributed by atoms with E-state index in [0.29, 0.717) is 5.82 Å². The summed E-state index contributed by atoms with van der Waals surface area (Å²) in [6.07, 6.45) is 0. The lowest BCUT2D eigenvalue weighted by molar-refractivity contribution is 0.627. The van der Waals surface area contributed by atoms with E-state index in [1.165, 1.54) is 17.7 Å². The first-order chi connectivity index (χ1) is 11.6. The molecule has 6 heteroatoms. The summed E-state index contributed by atoms with van der Waals surface area (Å²) in [5.41, 5.74) is 3.96. The predicted molar refractivity (Wildman–Crippen MR) is 93.8 cm³/mol. The lowest BCUT2D eigenvalue weighted by atomic mass is 10.1. The minimum Gasteiger partial charge on any atom is -0.207 e. The van der Waals surface area contributed by atoms with Gasteiger partial charge in [-0.25, -0.2) is 4.39 Å². The van der Waals surface area contributed by atoms with Crippen LogP contribution in [0.3, 0.4) is 0 Å². The van der Waals surface area contributed by atoms with Crippen molar-refractivity contribution in [3.8, 4) is 11.4 Å². The van der Waals surface area contributed by atoms with E-state index in [9.17, 15) is 4.39 Å². The molecular weight excluding hydrogens is 323 g/mol. The molecule has 2 heterocycles. The van der Waals surface area contributed by atoms with Crippen LogP contribution >= 0.6 is 11.8 Å². The topological polar surface area (TPSA) is 43.1 Å². The van der Waals surface area contributed by atoms with Crippen LogP contribution in [-0.4, -0.2) is 25.8 Å². The zero-order valence-corrected chi connectivity index (χ0v) is 14.1. The summed E-state index contributed by atoms with van der Waals surface area (Å²) >= 11 is 1.60. The summed E-state index contributed by atoms with van der Waals surface area (Å²) in [6.45, 7) is 4.11. The van der Waals surface area contributed by atoms with Gasteiger partial charge in [0.2, 0.25) is 5.16 Å². The molecule has 1 aliphatic rings. The molecule has 0 bridgehead atoms. The van der Waals surface area contributed by atoms with Gasteiger partial charge in [0, 0.05) is 5.56 Å². The number of rotatable bonds is 2. The minimum atomic E-state index is -0.249. The molecule has 1 aromatic heterocycles. The lowest BCUT2D eigenvalue weighted by Gasteiger charge is -2.20. The normalized spacial score (nSPS) is 16.6. The molecule has 1 atom stereocenters. The Bertz CT molecular complexity index is 913. The lowest BCUT2D eigenvalue weighted by Crippen LogP contribution is -2.21. The molecule has 0 fully saturated rings. The molecule has 0 saturated heterocycles. The number of benzene rings is 2. The first kappa shape index (κ1) is 15.1. The Balaban J connectivity index is 1.81. The maximum atomic E-state index is 13.2. The molecule has 0 radical (unpaired) electrons. The van der Waals surface area contributed by atoms with E-state index in [2.05, 4.69) is 17.1 Å². The molecule has 0 aliphatic carbocycles. The standard InChI is InChI=1S/C18H15FN4S/c1-11-3-5-14(6-4-11)17-20-21-18-23(17)22-16(12(2)24-18)13-7-9-15(19)10-8-13/h3-10,12H,1-2H3/t12-/m1/s1. The fourth-order valence-corrected chi connectivity index (χ4v) is 3.55. The molecule has 0 unspecified atom stereocenters. The van der Waals surface area contributed by atoms with Gasteiger partial charge in [-0.05, 0) is 31.5 Å². The molecule has 2 aromatic carbocycles. The van der Waals surface area contributed by atoms with Crippen molar-refractivity contribution in [2.24, 2.45) is 5.10 Å². The third-order valence-electron chi connectivity index (χ3n) is 3.94. The maximum Gasteiger partial charge on any atom is 0.213 e. The van der Waals surface area contributed by atoms with E-state index in [1.54, 1.807) is 28.6 Å². The number of halogens is 1. The number of aryl methyl sites for hydroxylation is 1. The average Bonchev–Trinajstić information content (AvgIpc) is 2.98. The van der Waals surface area contributed by atoms with Crippen LogP contribution in [0.5, 0.6) is 0 Å². The number of thioether (sulfide) groups is 1. The van der Waals surface area contributed by atoms with Crippen molar-refractivity contribution in [1.82, 2.24) is 14.9 Å². The van der Waals surface area contributed by atoms with Crippen LogP contribution in [0.15, 0.2) is 58.8 Å². The van der Waals surface area contributed by atoms with E-state index >= 15 is 0 Å². The van der Waals surface area contributed by atoms with Crippen molar-refractivity contribution < 1.29 is 4.39 Å². The minimum absolute atomic E-state index is 0.123. The molecule has 0 saturated carbocycles. The second-order valence-corrected chi connectivity index (χ2v) is 7.04. The number of aromatic nitrogens is 3. The van der Waals surface area contributed by atoms with Crippen LogP contribution in [0.2, 0.25) is 0 Å². The van der Waals surface area contributed by atoms with Crippen molar-refractivity contribution in [2.75, 3.05) is 0 Å². The summed E-state index contributed by atoms with van der Waals surface area (Å²) < 4.78 is 15.0. The van der Waals surface area contributed by atoms with E-state index in [-0.39, 0.29) is 11.1 Å². The van der Waals surface area contributed by atoms with Gasteiger partial charge in [-0.2, -0.15) is 9.78 Å². The fraction of sp³-hybridized carbons (Fsp3) is 0.167. The third-order valence-corrected chi connectivity index (χ3v) is 4.98. The highest BCUT2D eigenvalue weighted by atomic mass is 32.2. The summed E-state index contributed by atoms with van der Waals surface area (Å²) in [6, 6.07) is 14.5. The molecule has 0 amide bonds. The molecule has 0 spiro atoms. The summed E-state index contributed by atoms with van der Waals surface area (Å²) in [7, 11) is 0. The van der Waals surface area contributed by atoms with Crippen LogP contribution in [0.25, 0.3) is 11.4 Å². The first-order valence-electron chi connectivity index (χ1n) is 7.66. The second-order valence-electron chi connectivity index (χ2n) is 5.74. The number of fused-ring (bicyclic) bond motifs is 1.